The Morgan fingerprint density at radius 1 is 0.909 bits per heavy atom. The van der Waals surface area contributed by atoms with Crippen LogP contribution in [0.3, 0.4) is 0 Å². The first-order chi connectivity index (χ1) is 5.11. The molecule has 2 aliphatic rings. The molecule has 0 aromatic rings. The van der Waals surface area contributed by atoms with Gasteiger partial charge in [0, 0.05) is 0 Å². The van der Waals surface area contributed by atoms with Gasteiger partial charge in [-0.3, -0.25) is 0 Å². The summed E-state index contributed by atoms with van der Waals surface area (Å²) < 4.78 is 36.4. The molecule has 2 unspecified atom stereocenters. The highest BCUT2D eigenvalue weighted by molar-refractivity contribution is 5.02. The summed E-state index contributed by atoms with van der Waals surface area (Å²) in [6, 6.07) is 0. The van der Waals surface area contributed by atoms with E-state index in [0.29, 0.717) is 0 Å². The van der Waals surface area contributed by atoms with E-state index in [0.717, 1.165) is 25.7 Å². The molecular formula is C8H11F3. The second-order valence-electron chi connectivity index (χ2n) is 3.68. The zero-order valence-corrected chi connectivity index (χ0v) is 6.19. The van der Waals surface area contributed by atoms with Crippen molar-refractivity contribution in [1.29, 1.82) is 0 Å². The largest absolute Gasteiger partial charge is 0.392 e. The Bertz CT molecular complexity index is 149. The van der Waals surface area contributed by atoms with Crippen LogP contribution in [0.5, 0.6) is 0 Å². The number of hydrogen-bond acceptors (Lipinski definition) is 0. The SMILES string of the molecule is FC(F)(F)C1C2CCCCC21. The van der Waals surface area contributed by atoms with E-state index in [9.17, 15) is 13.2 Å². The minimum atomic E-state index is -3.90. The van der Waals surface area contributed by atoms with Crippen LogP contribution in [0.15, 0.2) is 0 Å². The Hall–Kier alpha value is -0.210. The maximum Gasteiger partial charge on any atom is 0.392 e. The minimum absolute atomic E-state index is 0.00347. The Labute approximate surface area is 63.8 Å². The van der Waals surface area contributed by atoms with E-state index < -0.39 is 12.1 Å². The van der Waals surface area contributed by atoms with Gasteiger partial charge in [0.2, 0.25) is 0 Å². The van der Waals surface area contributed by atoms with Gasteiger partial charge in [0.15, 0.2) is 0 Å². The summed E-state index contributed by atoms with van der Waals surface area (Å²) in [6.45, 7) is 0. The van der Waals surface area contributed by atoms with Crippen LogP contribution in [0, 0.1) is 17.8 Å². The van der Waals surface area contributed by atoms with Gasteiger partial charge in [-0.05, 0) is 24.7 Å². The van der Waals surface area contributed by atoms with E-state index in [4.69, 9.17) is 0 Å². The summed E-state index contributed by atoms with van der Waals surface area (Å²) >= 11 is 0. The fourth-order valence-corrected chi connectivity index (χ4v) is 2.48. The van der Waals surface area contributed by atoms with Crippen molar-refractivity contribution in [3.8, 4) is 0 Å². The molecule has 0 bridgehead atoms. The van der Waals surface area contributed by atoms with Gasteiger partial charge >= 0.3 is 6.18 Å². The molecule has 3 heteroatoms. The molecule has 0 N–H and O–H groups in total. The summed E-state index contributed by atoms with van der Waals surface area (Å²) in [5.41, 5.74) is 0. The molecule has 0 amide bonds. The highest BCUT2D eigenvalue weighted by atomic mass is 19.4. The lowest BCUT2D eigenvalue weighted by Gasteiger charge is -2.04. The number of halogens is 3. The molecule has 2 fully saturated rings. The van der Waals surface area contributed by atoms with Gasteiger partial charge in [-0.2, -0.15) is 13.2 Å². The monoisotopic (exact) mass is 164 g/mol. The van der Waals surface area contributed by atoms with E-state index in [2.05, 4.69) is 0 Å². The number of hydrogen-bond donors (Lipinski definition) is 0. The zero-order valence-electron chi connectivity index (χ0n) is 6.19. The molecule has 0 aromatic heterocycles. The van der Waals surface area contributed by atoms with Crippen molar-refractivity contribution in [2.45, 2.75) is 31.9 Å². The van der Waals surface area contributed by atoms with Crippen molar-refractivity contribution in [2.24, 2.45) is 17.8 Å². The predicted molar refractivity (Wildman–Crippen MR) is 35.0 cm³/mol. The van der Waals surface area contributed by atoms with Gasteiger partial charge in [0.05, 0.1) is 5.92 Å². The molecule has 2 atom stereocenters. The van der Waals surface area contributed by atoms with Crippen LogP contribution < -0.4 is 0 Å². The van der Waals surface area contributed by atoms with Crippen molar-refractivity contribution >= 4 is 0 Å². The second kappa shape index (κ2) is 2.14. The third kappa shape index (κ3) is 1.14. The van der Waals surface area contributed by atoms with Crippen molar-refractivity contribution in [1.82, 2.24) is 0 Å². The Morgan fingerprint density at radius 2 is 1.36 bits per heavy atom. The molecule has 0 heterocycles. The normalized spacial score (nSPS) is 43.4. The molecular weight excluding hydrogens is 153 g/mol. The van der Waals surface area contributed by atoms with Gasteiger partial charge in [0.1, 0.15) is 0 Å². The first-order valence-corrected chi connectivity index (χ1v) is 4.17. The van der Waals surface area contributed by atoms with E-state index in [1.165, 1.54) is 0 Å². The number of rotatable bonds is 0. The van der Waals surface area contributed by atoms with Crippen LogP contribution in [0.1, 0.15) is 25.7 Å². The van der Waals surface area contributed by atoms with E-state index in [-0.39, 0.29) is 11.8 Å². The zero-order chi connectivity index (χ0) is 8.06. The van der Waals surface area contributed by atoms with Crippen molar-refractivity contribution in [3.63, 3.8) is 0 Å². The molecule has 64 valence electrons. The van der Waals surface area contributed by atoms with Crippen LogP contribution in [-0.2, 0) is 0 Å². The molecule has 0 spiro atoms. The topological polar surface area (TPSA) is 0 Å². The number of alkyl halides is 3. The molecule has 0 aliphatic heterocycles. The Balaban J connectivity index is 2.00. The molecule has 2 aliphatic carbocycles. The lowest BCUT2D eigenvalue weighted by molar-refractivity contribution is -0.153. The molecule has 0 nitrogen and oxygen atoms in total. The first kappa shape index (κ1) is 7.44. The second-order valence-corrected chi connectivity index (χ2v) is 3.68. The van der Waals surface area contributed by atoms with Crippen LogP contribution in [0.4, 0.5) is 13.2 Å². The average molecular weight is 164 g/mol. The number of fused-ring (bicyclic) bond motifs is 1. The lowest BCUT2D eigenvalue weighted by atomic mass is 10.0. The Kier molecular flexibility index (Phi) is 1.45. The minimum Gasteiger partial charge on any atom is -0.171 e. The fraction of sp³-hybridized carbons (Fsp3) is 1.00. The third-order valence-electron chi connectivity index (χ3n) is 3.03. The molecule has 0 aromatic carbocycles. The van der Waals surface area contributed by atoms with Crippen molar-refractivity contribution in [3.05, 3.63) is 0 Å². The molecule has 2 rings (SSSR count). The predicted octanol–water partition coefficient (Wildman–Crippen LogP) is 2.98. The average Bonchev–Trinajstić information content (AvgIpc) is 2.58. The smallest absolute Gasteiger partial charge is 0.171 e. The van der Waals surface area contributed by atoms with Crippen LogP contribution in [0.25, 0.3) is 0 Å². The summed E-state index contributed by atoms with van der Waals surface area (Å²) in [6.07, 6.45) is -0.259. The van der Waals surface area contributed by atoms with Gasteiger partial charge < -0.3 is 0 Å². The molecule has 0 radical (unpaired) electrons. The quantitative estimate of drug-likeness (QED) is 0.516. The fourth-order valence-electron chi connectivity index (χ4n) is 2.48. The highest BCUT2D eigenvalue weighted by Gasteiger charge is 2.63. The molecule has 2 saturated carbocycles. The van der Waals surface area contributed by atoms with E-state index in [1.54, 1.807) is 0 Å². The molecule has 11 heavy (non-hydrogen) atoms. The van der Waals surface area contributed by atoms with E-state index >= 15 is 0 Å². The summed E-state index contributed by atoms with van der Waals surface area (Å²) in [7, 11) is 0. The maximum absolute atomic E-state index is 12.1. The van der Waals surface area contributed by atoms with Crippen molar-refractivity contribution < 1.29 is 13.2 Å². The van der Waals surface area contributed by atoms with Crippen LogP contribution in [0.2, 0.25) is 0 Å². The van der Waals surface area contributed by atoms with Gasteiger partial charge in [0.25, 0.3) is 0 Å². The summed E-state index contributed by atoms with van der Waals surface area (Å²) in [4.78, 5) is 0. The maximum atomic E-state index is 12.1. The first-order valence-electron chi connectivity index (χ1n) is 4.17. The summed E-state index contributed by atoms with van der Waals surface area (Å²) in [5.74, 6) is -0.919. The van der Waals surface area contributed by atoms with Crippen LogP contribution >= 0.6 is 0 Å². The van der Waals surface area contributed by atoms with Crippen LogP contribution in [-0.4, -0.2) is 6.18 Å². The third-order valence-corrected chi connectivity index (χ3v) is 3.03. The Morgan fingerprint density at radius 3 is 1.73 bits per heavy atom. The standard InChI is InChI=1S/C8H11F3/c9-8(10,11)7-5-3-1-2-4-6(5)7/h5-7H,1-4H2. The van der Waals surface area contributed by atoms with Gasteiger partial charge in [-0.1, -0.05) is 12.8 Å². The van der Waals surface area contributed by atoms with Crippen molar-refractivity contribution in [2.75, 3.05) is 0 Å². The van der Waals surface area contributed by atoms with Gasteiger partial charge in [-0.25, -0.2) is 0 Å². The summed E-state index contributed by atoms with van der Waals surface area (Å²) in [5, 5.41) is 0. The van der Waals surface area contributed by atoms with Gasteiger partial charge in [-0.15, -0.1) is 0 Å². The van der Waals surface area contributed by atoms with E-state index in [1.807, 2.05) is 0 Å². The highest BCUT2D eigenvalue weighted by Crippen LogP contribution is 2.61. The molecule has 0 saturated heterocycles. The lowest BCUT2D eigenvalue weighted by Crippen LogP contribution is -2.12.